The molecule has 0 aromatic heterocycles. The van der Waals surface area contributed by atoms with E-state index in [9.17, 15) is 4.79 Å². The van der Waals surface area contributed by atoms with Crippen molar-refractivity contribution >= 4 is 5.91 Å². The Labute approximate surface area is 141 Å². The predicted octanol–water partition coefficient (Wildman–Crippen LogP) is 1.39. The van der Waals surface area contributed by atoms with E-state index in [0.29, 0.717) is 45.5 Å². The maximum Gasteiger partial charge on any atom is 0.224 e. The van der Waals surface area contributed by atoms with Gasteiger partial charge in [0.15, 0.2) is 0 Å². The SMILES string of the molecule is CC(C)OCCOCCOCCC(=O)N1CCN(C(C)C)CC1. The lowest BCUT2D eigenvalue weighted by atomic mass is 10.2. The standard InChI is InChI=1S/C17H34N2O4/c1-15(2)18-6-8-19(9-7-18)17(20)5-10-21-11-12-22-13-14-23-16(3)4/h15-16H,5-14H2,1-4H3. The van der Waals surface area contributed by atoms with Crippen LogP contribution in [0.15, 0.2) is 0 Å². The molecule has 0 bridgehead atoms. The molecule has 0 aromatic rings. The van der Waals surface area contributed by atoms with E-state index in [1.54, 1.807) is 0 Å². The summed E-state index contributed by atoms with van der Waals surface area (Å²) >= 11 is 0. The fraction of sp³-hybridized carbons (Fsp3) is 0.941. The molecule has 136 valence electrons. The quantitative estimate of drug-likeness (QED) is 0.536. The molecule has 1 saturated heterocycles. The summed E-state index contributed by atoms with van der Waals surface area (Å²) in [6.07, 6.45) is 0.696. The van der Waals surface area contributed by atoms with Crippen LogP contribution in [0.3, 0.4) is 0 Å². The number of amides is 1. The first kappa shape index (κ1) is 20.4. The molecule has 6 nitrogen and oxygen atoms in total. The van der Waals surface area contributed by atoms with Crippen molar-refractivity contribution in [1.82, 2.24) is 9.80 Å². The topological polar surface area (TPSA) is 51.2 Å². The highest BCUT2D eigenvalue weighted by atomic mass is 16.5. The molecule has 1 heterocycles. The lowest BCUT2D eigenvalue weighted by Crippen LogP contribution is -2.50. The highest BCUT2D eigenvalue weighted by Gasteiger charge is 2.21. The molecule has 1 aliphatic heterocycles. The molecule has 0 unspecified atom stereocenters. The molecule has 6 heteroatoms. The van der Waals surface area contributed by atoms with Crippen LogP contribution >= 0.6 is 0 Å². The second kappa shape index (κ2) is 11.8. The van der Waals surface area contributed by atoms with Crippen molar-refractivity contribution in [3.63, 3.8) is 0 Å². The van der Waals surface area contributed by atoms with Crippen LogP contribution in [0.5, 0.6) is 0 Å². The summed E-state index contributed by atoms with van der Waals surface area (Å²) in [6.45, 7) is 14.7. The molecule has 23 heavy (non-hydrogen) atoms. The Balaban J connectivity index is 1.94. The van der Waals surface area contributed by atoms with E-state index in [1.165, 1.54) is 0 Å². The number of hydrogen-bond donors (Lipinski definition) is 0. The van der Waals surface area contributed by atoms with E-state index in [4.69, 9.17) is 14.2 Å². The van der Waals surface area contributed by atoms with Crippen LogP contribution in [0.2, 0.25) is 0 Å². The van der Waals surface area contributed by atoms with Crippen LogP contribution < -0.4 is 0 Å². The van der Waals surface area contributed by atoms with E-state index in [2.05, 4.69) is 18.7 Å². The zero-order chi connectivity index (χ0) is 17.1. The molecule has 0 N–H and O–H groups in total. The van der Waals surface area contributed by atoms with Gasteiger partial charge in [0, 0.05) is 32.2 Å². The van der Waals surface area contributed by atoms with Gasteiger partial charge in [-0.15, -0.1) is 0 Å². The molecule has 0 radical (unpaired) electrons. The number of carbonyl (C=O) groups is 1. The number of piperazine rings is 1. The predicted molar refractivity (Wildman–Crippen MR) is 90.6 cm³/mol. The number of carbonyl (C=O) groups excluding carboxylic acids is 1. The van der Waals surface area contributed by atoms with Crippen molar-refractivity contribution in [3.8, 4) is 0 Å². The average Bonchev–Trinajstić information content (AvgIpc) is 2.52. The Hall–Kier alpha value is -0.690. The van der Waals surface area contributed by atoms with Crippen molar-refractivity contribution in [3.05, 3.63) is 0 Å². The van der Waals surface area contributed by atoms with Gasteiger partial charge in [0.2, 0.25) is 5.91 Å². The zero-order valence-corrected chi connectivity index (χ0v) is 15.3. The summed E-state index contributed by atoms with van der Waals surface area (Å²) in [5.74, 6) is 0.194. The summed E-state index contributed by atoms with van der Waals surface area (Å²) in [7, 11) is 0. The van der Waals surface area contributed by atoms with Crippen molar-refractivity contribution in [2.24, 2.45) is 0 Å². The van der Waals surface area contributed by atoms with Crippen molar-refractivity contribution < 1.29 is 19.0 Å². The summed E-state index contributed by atoms with van der Waals surface area (Å²) in [5, 5.41) is 0. The van der Waals surface area contributed by atoms with Crippen molar-refractivity contribution in [1.29, 1.82) is 0 Å². The largest absolute Gasteiger partial charge is 0.379 e. The van der Waals surface area contributed by atoms with Gasteiger partial charge in [-0.05, 0) is 27.7 Å². The van der Waals surface area contributed by atoms with Gasteiger partial charge in [0.25, 0.3) is 0 Å². The van der Waals surface area contributed by atoms with Crippen LogP contribution in [0.4, 0.5) is 0 Å². The van der Waals surface area contributed by atoms with Crippen LogP contribution in [0.25, 0.3) is 0 Å². The first-order chi connectivity index (χ1) is 11.0. The van der Waals surface area contributed by atoms with Crippen molar-refractivity contribution in [2.45, 2.75) is 46.3 Å². The monoisotopic (exact) mass is 330 g/mol. The van der Waals surface area contributed by atoms with Gasteiger partial charge in [-0.25, -0.2) is 0 Å². The van der Waals surface area contributed by atoms with Crippen LogP contribution in [0.1, 0.15) is 34.1 Å². The lowest BCUT2D eigenvalue weighted by Gasteiger charge is -2.37. The smallest absolute Gasteiger partial charge is 0.224 e. The first-order valence-corrected chi connectivity index (χ1v) is 8.79. The molecule has 1 fully saturated rings. The molecule has 0 saturated carbocycles. The Morgan fingerprint density at radius 2 is 1.43 bits per heavy atom. The van der Waals surface area contributed by atoms with E-state index < -0.39 is 0 Å². The molecule has 1 aliphatic rings. The van der Waals surface area contributed by atoms with Gasteiger partial charge in [0.1, 0.15) is 0 Å². The summed E-state index contributed by atoms with van der Waals surface area (Å²) in [6, 6.07) is 0.557. The van der Waals surface area contributed by atoms with Gasteiger partial charge in [-0.1, -0.05) is 0 Å². The summed E-state index contributed by atoms with van der Waals surface area (Å²) in [4.78, 5) is 16.4. The number of ether oxygens (including phenoxy) is 3. The second-order valence-electron chi connectivity index (χ2n) is 6.40. The maximum atomic E-state index is 12.1. The first-order valence-electron chi connectivity index (χ1n) is 8.79. The average molecular weight is 330 g/mol. The molecule has 0 aliphatic carbocycles. The molecule has 1 rings (SSSR count). The van der Waals surface area contributed by atoms with Gasteiger partial charge in [-0.2, -0.15) is 0 Å². The third kappa shape index (κ3) is 9.25. The minimum Gasteiger partial charge on any atom is -0.379 e. The maximum absolute atomic E-state index is 12.1. The molecule has 0 aromatic carbocycles. The molecule has 0 atom stereocenters. The Morgan fingerprint density at radius 3 is 2.00 bits per heavy atom. The Morgan fingerprint density at radius 1 is 0.870 bits per heavy atom. The fourth-order valence-corrected chi connectivity index (χ4v) is 2.47. The number of rotatable bonds is 11. The number of nitrogens with zero attached hydrogens (tertiary/aromatic N) is 2. The molecule has 1 amide bonds. The van der Waals surface area contributed by atoms with Crippen LogP contribution in [-0.4, -0.2) is 87.1 Å². The summed E-state index contributed by atoms with van der Waals surface area (Å²) < 4.78 is 16.2. The van der Waals surface area contributed by atoms with Crippen LogP contribution in [0, 0.1) is 0 Å². The Bertz CT molecular complexity index is 316. The van der Waals surface area contributed by atoms with Gasteiger partial charge in [-0.3, -0.25) is 9.69 Å². The highest BCUT2D eigenvalue weighted by molar-refractivity contribution is 5.76. The Kier molecular flexibility index (Phi) is 10.4. The highest BCUT2D eigenvalue weighted by Crippen LogP contribution is 2.07. The van der Waals surface area contributed by atoms with Crippen molar-refractivity contribution in [2.75, 3.05) is 59.2 Å². The third-order valence-corrected chi connectivity index (χ3v) is 3.91. The van der Waals surface area contributed by atoms with E-state index in [-0.39, 0.29) is 12.0 Å². The third-order valence-electron chi connectivity index (χ3n) is 3.91. The minimum atomic E-state index is 0.194. The lowest BCUT2D eigenvalue weighted by molar-refractivity contribution is -0.134. The zero-order valence-electron chi connectivity index (χ0n) is 15.3. The van der Waals surface area contributed by atoms with E-state index in [0.717, 1.165) is 26.2 Å². The summed E-state index contributed by atoms with van der Waals surface area (Å²) in [5.41, 5.74) is 0. The van der Waals surface area contributed by atoms with Gasteiger partial charge < -0.3 is 19.1 Å². The second-order valence-corrected chi connectivity index (χ2v) is 6.40. The van der Waals surface area contributed by atoms with Gasteiger partial charge >= 0.3 is 0 Å². The van der Waals surface area contributed by atoms with E-state index >= 15 is 0 Å². The molecular formula is C17H34N2O4. The minimum absolute atomic E-state index is 0.194. The van der Waals surface area contributed by atoms with Crippen LogP contribution in [-0.2, 0) is 19.0 Å². The fourth-order valence-electron chi connectivity index (χ4n) is 2.47. The molecule has 0 spiro atoms. The van der Waals surface area contributed by atoms with Gasteiger partial charge in [0.05, 0.1) is 45.6 Å². The molecular weight excluding hydrogens is 296 g/mol. The van der Waals surface area contributed by atoms with E-state index in [1.807, 2.05) is 18.7 Å². The number of hydrogen-bond acceptors (Lipinski definition) is 5. The normalized spacial score (nSPS) is 16.5.